The fraction of sp³-hybridized carbons (Fsp3) is 0.222. The average molecular weight is 270 g/mol. The first-order valence-electron chi connectivity index (χ1n) is 4.29. The van der Waals surface area contributed by atoms with Crippen molar-refractivity contribution in [2.75, 3.05) is 0 Å². The summed E-state index contributed by atoms with van der Waals surface area (Å²) in [6.45, 7) is 0.238. The minimum Gasteiger partial charge on any atom is -0.270 e. The van der Waals surface area contributed by atoms with E-state index in [1.807, 2.05) is 0 Å². The fourth-order valence-electron chi connectivity index (χ4n) is 1.35. The Balaban J connectivity index is 2.23. The number of halogens is 1. The third-order valence-electron chi connectivity index (χ3n) is 2.22. The van der Waals surface area contributed by atoms with Crippen LogP contribution in [0.3, 0.4) is 0 Å². The van der Waals surface area contributed by atoms with Gasteiger partial charge in [-0.25, -0.2) is 0 Å². The van der Waals surface area contributed by atoms with Crippen LogP contribution in [0.2, 0.25) is 0 Å². The van der Waals surface area contributed by atoms with Crippen molar-refractivity contribution < 1.29 is 9.59 Å². The zero-order valence-corrected chi connectivity index (χ0v) is 9.56. The maximum absolute atomic E-state index is 11.3. The van der Waals surface area contributed by atoms with E-state index in [0.29, 0.717) is 0 Å². The second kappa shape index (κ2) is 3.62. The molecule has 0 atom stereocenters. The first kappa shape index (κ1) is 10.1. The molecule has 0 fully saturated rings. The topological polar surface area (TPSA) is 55.2 Å². The van der Waals surface area contributed by atoms with E-state index in [2.05, 4.69) is 21.0 Å². The van der Waals surface area contributed by atoms with Gasteiger partial charge in [0.1, 0.15) is 0 Å². The molecule has 2 heterocycles. The summed E-state index contributed by atoms with van der Waals surface area (Å²) in [7, 11) is 1.76. The van der Waals surface area contributed by atoms with Gasteiger partial charge >= 0.3 is 0 Å². The smallest absolute Gasteiger partial charge is 0.253 e. The monoisotopic (exact) mass is 269 g/mol. The Hall–Kier alpha value is -1.43. The molecule has 6 heteroatoms. The number of aryl methyl sites for hydroxylation is 1. The van der Waals surface area contributed by atoms with Gasteiger partial charge in [0, 0.05) is 19.2 Å². The normalized spacial score (nSPS) is 15.5. The molecule has 0 aliphatic carbocycles. The fourth-order valence-corrected chi connectivity index (χ4v) is 1.82. The molecule has 5 nitrogen and oxygen atoms in total. The Kier molecular flexibility index (Phi) is 2.44. The number of amides is 2. The number of rotatable bonds is 2. The molecule has 2 rings (SSSR count). The zero-order valence-electron chi connectivity index (χ0n) is 7.98. The molecule has 0 N–H and O–H groups in total. The van der Waals surface area contributed by atoms with E-state index in [4.69, 9.17) is 0 Å². The van der Waals surface area contributed by atoms with Crippen LogP contribution in [0.5, 0.6) is 0 Å². The van der Waals surface area contributed by atoms with Gasteiger partial charge in [0.2, 0.25) is 0 Å². The molecule has 0 aromatic carbocycles. The predicted molar refractivity (Wildman–Crippen MR) is 55.6 cm³/mol. The highest BCUT2D eigenvalue weighted by atomic mass is 79.9. The summed E-state index contributed by atoms with van der Waals surface area (Å²) < 4.78 is 2.42. The van der Waals surface area contributed by atoms with Gasteiger partial charge in [-0.05, 0) is 15.9 Å². The van der Waals surface area contributed by atoms with E-state index in [9.17, 15) is 9.59 Å². The Morgan fingerprint density at radius 1 is 1.33 bits per heavy atom. The third kappa shape index (κ3) is 1.72. The number of carbonyl (C=O) groups excluding carboxylic acids is 2. The summed E-state index contributed by atoms with van der Waals surface area (Å²) in [5.74, 6) is -0.568. The molecule has 1 aliphatic rings. The van der Waals surface area contributed by atoms with Crippen LogP contribution in [0.15, 0.2) is 22.8 Å². The van der Waals surface area contributed by atoms with E-state index >= 15 is 0 Å². The molecule has 2 amide bonds. The van der Waals surface area contributed by atoms with Gasteiger partial charge in [-0.2, -0.15) is 5.10 Å². The first-order valence-corrected chi connectivity index (χ1v) is 5.09. The third-order valence-corrected chi connectivity index (χ3v) is 2.88. The van der Waals surface area contributed by atoms with E-state index in [1.54, 1.807) is 17.9 Å². The highest BCUT2D eigenvalue weighted by molar-refractivity contribution is 9.10. The van der Waals surface area contributed by atoms with Gasteiger partial charge in [0.05, 0.1) is 22.9 Å². The number of aromatic nitrogens is 2. The van der Waals surface area contributed by atoms with Crippen LogP contribution in [0.4, 0.5) is 0 Å². The highest BCUT2D eigenvalue weighted by Crippen LogP contribution is 2.18. The van der Waals surface area contributed by atoms with Gasteiger partial charge in [-0.15, -0.1) is 0 Å². The van der Waals surface area contributed by atoms with Crippen molar-refractivity contribution in [1.29, 1.82) is 0 Å². The number of hydrogen-bond acceptors (Lipinski definition) is 3. The van der Waals surface area contributed by atoms with Gasteiger partial charge in [-0.1, -0.05) is 0 Å². The van der Waals surface area contributed by atoms with Crippen molar-refractivity contribution in [2.24, 2.45) is 7.05 Å². The average Bonchev–Trinajstić information content (AvgIpc) is 2.67. The SMILES string of the molecule is Cn1ncc(Br)c1CN1C(=O)C=CC1=O. The number of hydrogen-bond donors (Lipinski definition) is 0. The molecule has 1 aliphatic heterocycles. The van der Waals surface area contributed by atoms with E-state index in [-0.39, 0.29) is 18.4 Å². The second-order valence-electron chi connectivity index (χ2n) is 3.16. The maximum Gasteiger partial charge on any atom is 0.253 e. The number of nitrogens with zero attached hydrogens (tertiary/aromatic N) is 3. The first-order chi connectivity index (χ1) is 7.09. The molecule has 0 unspecified atom stereocenters. The van der Waals surface area contributed by atoms with Gasteiger partial charge in [0.15, 0.2) is 0 Å². The summed E-state index contributed by atoms with van der Waals surface area (Å²) in [5, 5.41) is 4.01. The van der Waals surface area contributed by atoms with E-state index in [1.165, 1.54) is 17.1 Å². The maximum atomic E-state index is 11.3. The lowest BCUT2D eigenvalue weighted by atomic mass is 10.4. The Morgan fingerprint density at radius 3 is 2.40 bits per heavy atom. The summed E-state index contributed by atoms with van der Waals surface area (Å²) in [5.41, 5.74) is 0.792. The second-order valence-corrected chi connectivity index (χ2v) is 4.01. The van der Waals surface area contributed by atoms with Gasteiger partial charge in [-0.3, -0.25) is 19.2 Å². The summed E-state index contributed by atoms with van der Waals surface area (Å²) in [4.78, 5) is 23.8. The summed E-state index contributed by atoms with van der Waals surface area (Å²) in [6, 6.07) is 0. The van der Waals surface area contributed by atoms with Crippen molar-refractivity contribution in [1.82, 2.24) is 14.7 Å². The van der Waals surface area contributed by atoms with Crippen LogP contribution < -0.4 is 0 Å². The van der Waals surface area contributed by atoms with Crippen LogP contribution in [0.25, 0.3) is 0 Å². The minimum absolute atomic E-state index is 0.238. The minimum atomic E-state index is -0.284. The lowest BCUT2D eigenvalue weighted by molar-refractivity contribution is -0.137. The van der Waals surface area contributed by atoms with Crippen LogP contribution in [0.1, 0.15) is 5.69 Å². The molecule has 78 valence electrons. The molecule has 0 radical (unpaired) electrons. The molecule has 1 aromatic heterocycles. The summed E-state index contributed by atoms with van der Waals surface area (Å²) in [6.07, 6.45) is 4.17. The van der Waals surface area contributed by atoms with Crippen molar-refractivity contribution in [3.05, 3.63) is 28.5 Å². The molecular weight excluding hydrogens is 262 g/mol. The molecular formula is C9H8BrN3O2. The Morgan fingerprint density at radius 2 is 1.93 bits per heavy atom. The largest absolute Gasteiger partial charge is 0.270 e. The van der Waals surface area contributed by atoms with Crippen molar-refractivity contribution >= 4 is 27.7 Å². The van der Waals surface area contributed by atoms with Crippen LogP contribution in [-0.2, 0) is 23.2 Å². The lowest BCUT2D eigenvalue weighted by Crippen LogP contribution is -2.30. The van der Waals surface area contributed by atoms with Crippen molar-refractivity contribution in [2.45, 2.75) is 6.54 Å². The molecule has 0 saturated heterocycles. The Labute approximate surface area is 94.5 Å². The van der Waals surface area contributed by atoms with Crippen LogP contribution in [0, 0.1) is 0 Å². The van der Waals surface area contributed by atoms with Gasteiger partial charge < -0.3 is 0 Å². The Bertz CT molecular complexity index is 426. The summed E-state index contributed by atoms with van der Waals surface area (Å²) >= 11 is 3.31. The lowest BCUT2D eigenvalue weighted by Gasteiger charge is -2.13. The quantitative estimate of drug-likeness (QED) is 0.740. The van der Waals surface area contributed by atoms with Crippen LogP contribution in [-0.4, -0.2) is 26.5 Å². The van der Waals surface area contributed by atoms with Crippen molar-refractivity contribution in [3.63, 3.8) is 0 Å². The van der Waals surface area contributed by atoms with Crippen molar-refractivity contribution in [3.8, 4) is 0 Å². The highest BCUT2D eigenvalue weighted by Gasteiger charge is 2.25. The molecule has 0 saturated carbocycles. The van der Waals surface area contributed by atoms with Crippen LogP contribution >= 0.6 is 15.9 Å². The van der Waals surface area contributed by atoms with E-state index < -0.39 is 0 Å². The van der Waals surface area contributed by atoms with Gasteiger partial charge in [0.25, 0.3) is 11.8 Å². The number of carbonyl (C=O) groups is 2. The molecule has 1 aromatic rings. The van der Waals surface area contributed by atoms with E-state index in [0.717, 1.165) is 10.2 Å². The zero-order chi connectivity index (χ0) is 11.0. The molecule has 15 heavy (non-hydrogen) atoms. The standard InChI is InChI=1S/C9H8BrN3O2/c1-12-7(6(10)4-11-12)5-13-8(14)2-3-9(13)15/h2-4H,5H2,1H3. The number of imide groups is 1. The molecule has 0 bridgehead atoms. The molecule has 0 spiro atoms. The predicted octanol–water partition coefficient (Wildman–Crippen LogP) is 0.608.